The standard InChI is InChI=1S/C12H14Cl2O/c1-15-9-5-6-10(11(13)7-9)12(14)8-3-2-4-8/h5-8,12H,2-4H2,1H3. The number of halogens is 2. The van der Waals surface area contributed by atoms with E-state index in [1.165, 1.54) is 19.3 Å². The molecule has 0 aromatic heterocycles. The monoisotopic (exact) mass is 244 g/mol. The number of hydrogen-bond donors (Lipinski definition) is 0. The maximum atomic E-state index is 6.38. The molecule has 1 unspecified atom stereocenters. The molecule has 1 aliphatic carbocycles. The van der Waals surface area contributed by atoms with Gasteiger partial charge in [0.1, 0.15) is 5.75 Å². The third-order valence-corrected chi connectivity index (χ3v) is 3.99. The van der Waals surface area contributed by atoms with Crippen LogP contribution in [-0.2, 0) is 0 Å². The van der Waals surface area contributed by atoms with Crippen LogP contribution in [0, 0.1) is 5.92 Å². The van der Waals surface area contributed by atoms with Crippen molar-refractivity contribution in [3.63, 3.8) is 0 Å². The minimum atomic E-state index is 0.0529. The molecular weight excluding hydrogens is 231 g/mol. The number of rotatable bonds is 3. The molecule has 1 nitrogen and oxygen atoms in total. The smallest absolute Gasteiger partial charge is 0.120 e. The van der Waals surface area contributed by atoms with Crippen molar-refractivity contribution in [1.82, 2.24) is 0 Å². The second kappa shape index (κ2) is 4.63. The van der Waals surface area contributed by atoms with Gasteiger partial charge in [-0.15, -0.1) is 11.6 Å². The summed E-state index contributed by atoms with van der Waals surface area (Å²) in [5.74, 6) is 1.37. The molecule has 1 aliphatic rings. The molecule has 1 fully saturated rings. The van der Waals surface area contributed by atoms with Crippen molar-refractivity contribution in [3.8, 4) is 5.75 Å². The van der Waals surface area contributed by atoms with Crippen molar-refractivity contribution in [2.24, 2.45) is 5.92 Å². The fourth-order valence-electron chi connectivity index (χ4n) is 1.84. The van der Waals surface area contributed by atoms with Crippen LogP contribution in [0.25, 0.3) is 0 Å². The zero-order valence-electron chi connectivity index (χ0n) is 8.67. The Morgan fingerprint density at radius 1 is 1.40 bits per heavy atom. The molecule has 1 atom stereocenters. The van der Waals surface area contributed by atoms with Crippen LogP contribution in [0.1, 0.15) is 30.2 Å². The van der Waals surface area contributed by atoms with Gasteiger partial charge in [-0.1, -0.05) is 24.1 Å². The van der Waals surface area contributed by atoms with E-state index in [-0.39, 0.29) is 5.38 Å². The summed E-state index contributed by atoms with van der Waals surface area (Å²) in [5.41, 5.74) is 1.03. The molecule has 0 spiro atoms. The Bertz CT molecular complexity index is 347. The van der Waals surface area contributed by atoms with Crippen molar-refractivity contribution < 1.29 is 4.74 Å². The fraction of sp³-hybridized carbons (Fsp3) is 0.500. The van der Waals surface area contributed by atoms with Crippen LogP contribution in [0.3, 0.4) is 0 Å². The highest BCUT2D eigenvalue weighted by Gasteiger charge is 2.28. The first-order valence-electron chi connectivity index (χ1n) is 5.20. The topological polar surface area (TPSA) is 9.23 Å². The van der Waals surface area contributed by atoms with Crippen molar-refractivity contribution in [1.29, 1.82) is 0 Å². The van der Waals surface area contributed by atoms with E-state index in [4.69, 9.17) is 27.9 Å². The molecule has 15 heavy (non-hydrogen) atoms. The maximum absolute atomic E-state index is 6.38. The molecule has 0 bridgehead atoms. The normalized spacial score (nSPS) is 18.3. The first-order valence-corrected chi connectivity index (χ1v) is 6.01. The van der Waals surface area contributed by atoms with Crippen molar-refractivity contribution in [2.75, 3.05) is 7.11 Å². The minimum Gasteiger partial charge on any atom is -0.497 e. The van der Waals surface area contributed by atoms with E-state index >= 15 is 0 Å². The second-order valence-corrected chi connectivity index (χ2v) is 4.86. The van der Waals surface area contributed by atoms with Crippen molar-refractivity contribution >= 4 is 23.2 Å². The van der Waals surface area contributed by atoms with Crippen molar-refractivity contribution in [2.45, 2.75) is 24.6 Å². The van der Waals surface area contributed by atoms with Gasteiger partial charge in [0.25, 0.3) is 0 Å². The van der Waals surface area contributed by atoms with Gasteiger partial charge in [0.2, 0.25) is 0 Å². The number of methoxy groups -OCH3 is 1. The Hall–Kier alpha value is -0.400. The van der Waals surface area contributed by atoms with Gasteiger partial charge in [-0.3, -0.25) is 0 Å². The zero-order chi connectivity index (χ0) is 10.8. The van der Waals surface area contributed by atoms with Gasteiger partial charge in [-0.05, 0) is 36.5 Å². The van der Waals surface area contributed by atoms with Crippen LogP contribution in [0.15, 0.2) is 18.2 Å². The second-order valence-electron chi connectivity index (χ2n) is 3.98. The molecule has 0 aliphatic heterocycles. The molecule has 0 heterocycles. The minimum absolute atomic E-state index is 0.0529. The Labute approximate surface area is 100 Å². The summed E-state index contributed by atoms with van der Waals surface area (Å²) in [6, 6.07) is 5.71. The Kier molecular flexibility index (Phi) is 3.42. The molecule has 0 radical (unpaired) electrons. The van der Waals surface area contributed by atoms with Gasteiger partial charge in [-0.25, -0.2) is 0 Å². The highest BCUT2D eigenvalue weighted by molar-refractivity contribution is 6.33. The Balaban J connectivity index is 2.19. The average molecular weight is 245 g/mol. The summed E-state index contributed by atoms with van der Waals surface area (Å²) >= 11 is 12.5. The third-order valence-electron chi connectivity index (χ3n) is 3.07. The summed E-state index contributed by atoms with van der Waals surface area (Å²) < 4.78 is 5.10. The largest absolute Gasteiger partial charge is 0.497 e. The molecule has 2 rings (SSSR count). The zero-order valence-corrected chi connectivity index (χ0v) is 10.2. The summed E-state index contributed by atoms with van der Waals surface area (Å²) in [6.45, 7) is 0. The van der Waals surface area contributed by atoms with Gasteiger partial charge in [0, 0.05) is 5.02 Å². The lowest BCUT2D eigenvalue weighted by atomic mass is 9.80. The average Bonchev–Trinajstić information content (AvgIpc) is 2.14. The predicted molar refractivity (Wildman–Crippen MR) is 63.9 cm³/mol. The summed E-state index contributed by atoms with van der Waals surface area (Å²) in [4.78, 5) is 0. The number of alkyl halides is 1. The van der Waals surface area contributed by atoms with E-state index in [1.54, 1.807) is 7.11 Å². The molecule has 1 aromatic carbocycles. The Morgan fingerprint density at radius 2 is 2.13 bits per heavy atom. The van der Waals surface area contributed by atoms with E-state index in [0.29, 0.717) is 10.9 Å². The van der Waals surface area contributed by atoms with Gasteiger partial charge in [0.15, 0.2) is 0 Å². The van der Waals surface area contributed by atoms with E-state index in [0.717, 1.165) is 11.3 Å². The lowest BCUT2D eigenvalue weighted by molar-refractivity contribution is 0.305. The summed E-state index contributed by atoms with van der Waals surface area (Å²) in [6.07, 6.45) is 3.73. The van der Waals surface area contributed by atoms with Crippen LogP contribution in [-0.4, -0.2) is 7.11 Å². The molecule has 82 valence electrons. The maximum Gasteiger partial charge on any atom is 0.120 e. The highest BCUT2D eigenvalue weighted by atomic mass is 35.5. The first kappa shape index (κ1) is 11.1. The number of hydrogen-bond acceptors (Lipinski definition) is 1. The van der Waals surface area contributed by atoms with Crippen LogP contribution >= 0.6 is 23.2 Å². The van der Waals surface area contributed by atoms with Gasteiger partial charge >= 0.3 is 0 Å². The van der Waals surface area contributed by atoms with E-state index in [9.17, 15) is 0 Å². The molecular formula is C12H14Cl2O. The molecule has 0 N–H and O–H groups in total. The molecule has 1 aromatic rings. The molecule has 0 amide bonds. The SMILES string of the molecule is COc1ccc(C(Cl)C2CCC2)c(Cl)c1. The van der Waals surface area contributed by atoms with Gasteiger partial charge in [0.05, 0.1) is 12.5 Å². The Morgan fingerprint density at radius 3 is 2.60 bits per heavy atom. The molecule has 0 saturated heterocycles. The van der Waals surface area contributed by atoms with E-state index in [2.05, 4.69) is 0 Å². The lowest BCUT2D eigenvalue weighted by Gasteiger charge is -2.30. The van der Waals surface area contributed by atoms with Gasteiger partial charge in [-0.2, -0.15) is 0 Å². The lowest BCUT2D eigenvalue weighted by Crippen LogP contribution is -2.16. The quantitative estimate of drug-likeness (QED) is 0.716. The van der Waals surface area contributed by atoms with Crippen LogP contribution in [0.4, 0.5) is 0 Å². The molecule has 1 saturated carbocycles. The number of benzene rings is 1. The van der Waals surface area contributed by atoms with Crippen LogP contribution in [0.5, 0.6) is 5.75 Å². The highest BCUT2D eigenvalue weighted by Crippen LogP contribution is 2.44. The molecule has 3 heteroatoms. The summed E-state index contributed by atoms with van der Waals surface area (Å²) in [5, 5.41) is 0.762. The van der Waals surface area contributed by atoms with Crippen LogP contribution < -0.4 is 4.74 Å². The summed E-state index contributed by atoms with van der Waals surface area (Å²) in [7, 11) is 1.63. The third kappa shape index (κ3) is 2.24. The predicted octanol–water partition coefficient (Wildman–Crippen LogP) is 4.43. The number of ether oxygens (including phenoxy) is 1. The fourth-order valence-corrected chi connectivity index (χ4v) is 2.63. The van der Waals surface area contributed by atoms with E-state index < -0.39 is 0 Å². The first-order chi connectivity index (χ1) is 7.22. The van der Waals surface area contributed by atoms with Crippen molar-refractivity contribution in [3.05, 3.63) is 28.8 Å². The van der Waals surface area contributed by atoms with Gasteiger partial charge < -0.3 is 4.74 Å². The van der Waals surface area contributed by atoms with E-state index in [1.807, 2.05) is 18.2 Å². The van der Waals surface area contributed by atoms with Crippen LogP contribution in [0.2, 0.25) is 5.02 Å².